The van der Waals surface area contributed by atoms with Crippen molar-refractivity contribution in [1.82, 2.24) is 9.88 Å². The number of benzene rings is 3. The number of pyridine rings is 1. The monoisotopic (exact) mass is 533 g/mol. The summed E-state index contributed by atoms with van der Waals surface area (Å²) >= 11 is 12.1. The lowest BCUT2D eigenvalue weighted by Crippen LogP contribution is -2.34. The molecule has 1 aromatic heterocycles. The molecule has 0 spiro atoms. The van der Waals surface area contributed by atoms with Crippen LogP contribution in [0.1, 0.15) is 34.1 Å². The lowest BCUT2D eigenvalue weighted by molar-refractivity contribution is -0.123. The molecule has 0 saturated heterocycles. The van der Waals surface area contributed by atoms with E-state index in [0.717, 1.165) is 36.3 Å². The number of hydrogen-bond donors (Lipinski definition) is 1. The summed E-state index contributed by atoms with van der Waals surface area (Å²) in [5.41, 5.74) is 4.56. The summed E-state index contributed by atoms with van der Waals surface area (Å²) in [6, 6.07) is 22.5. The maximum atomic E-state index is 13.6. The van der Waals surface area contributed by atoms with Gasteiger partial charge in [0.2, 0.25) is 0 Å². The zero-order chi connectivity index (χ0) is 25.9. The molecule has 0 fully saturated rings. The third-order valence-corrected chi connectivity index (χ3v) is 6.80. The van der Waals surface area contributed by atoms with Gasteiger partial charge in [-0.2, -0.15) is 0 Å². The van der Waals surface area contributed by atoms with Gasteiger partial charge in [0, 0.05) is 58.4 Å². The van der Waals surface area contributed by atoms with Crippen molar-refractivity contribution in [2.24, 2.45) is 0 Å². The molecular weight excluding hydrogens is 509 g/mol. The van der Waals surface area contributed by atoms with Gasteiger partial charge in [-0.15, -0.1) is 0 Å². The molecule has 4 aromatic rings. The van der Waals surface area contributed by atoms with Crippen molar-refractivity contribution >= 4 is 51.7 Å². The van der Waals surface area contributed by atoms with E-state index in [1.54, 1.807) is 18.2 Å². The molecule has 2 heterocycles. The molecule has 8 heteroatoms. The highest BCUT2D eigenvalue weighted by Crippen LogP contribution is 2.30. The first kappa shape index (κ1) is 25.2. The Morgan fingerprint density at radius 3 is 2.49 bits per heavy atom. The van der Waals surface area contributed by atoms with E-state index in [1.807, 2.05) is 42.5 Å². The molecule has 1 aliphatic heterocycles. The van der Waals surface area contributed by atoms with Crippen molar-refractivity contribution in [3.8, 4) is 0 Å². The van der Waals surface area contributed by atoms with E-state index in [2.05, 4.69) is 22.3 Å². The zero-order valence-electron chi connectivity index (χ0n) is 20.2. The van der Waals surface area contributed by atoms with Crippen molar-refractivity contribution in [3.63, 3.8) is 0 Å². The SMILES string of the molecule is CC(OC(=O)c1c2c(nc3ccccc13)CCN(Cc1ccccc1)C2)C(=O)Nc1cc(Cl)cc(Cl)c1. The van der Waals surface area contributed by atoms with Gasteiger partial charge < -0.3 is 10.1 Å². The van der Waals surface area contributed by atoms with Crippen molar-refractivity contribution in [3.05, 3.63) is 105 Å². The van der Waals surface area contributed by atoms with E-state index in [1.165, 1.54) is 12.5 Å². The number of fused-ring (bicyclic) bond motifs is 2. The number of para-hydroxylation sites is 1. The number of nitrogens with one attached hydrogen (secondary N) is 1. The Labute approximate surface area is 225 Å². The Morgan fingerprint density at radius 2 is 1.73 bits per heavy atom. The van der Waals surface area contributed by atoms with Crippen LogP contribution in [0.2, 0.25) is 10.0 Å². The Balaban J connectivity index is 1.40. The smallest absolute Gasteiger partial charge is 0.339 e. The first-order valence-corrected chi connectivity index (χ1v) is 12.8. The van der Waals surface area contributed by atoms with E-state index >= 15 is 0 Å². The Bertz CT molecular complexity index is 1460. The fraction of sp³-hybridized carbons (Fsp3) is 0.207. The van der Waals surface area contributed by atoms with Crippen LogP contribution >= 0.6 is 23.2 Å². The number of carbonyl (C=O) groups excluding carboxylic acids is 2. The van der Waals surface area contributed by atoms with Crippen LogP contribution in [0.3, 0.4) is 0 Å². The Kier molecular flexibility index (Phi) is 7.42. The maximum absolute atomic E-state index is 13.6. The molecule has 3 aromatic carbocycles. The normalized spacial score (nSPS) is 14.1. The molecule has 1 atom stereocenters. The molecule has 1 unspecified atom stereocenters. The summed E-state index contributed by atoms with van der Waals surface area (Å²) in [6.07, 6.45) is -0.324. The summed E-state index contributed by atoms with van der Waals surface area (Å²) in [5.74, 6) is -1.03. The molecule has 1 amide bonds. The summed E-state index contributed by atoms with van der Waals surface area (Å²) in [4.78, 5) is 33.5. The lowest BCUT2D eigenvalue weighted by Gasteiger charge is -2.30. The maximum Gasteiger partial charge on any atom is 0.339 e. The van der Waals surface area contributed by atoms with Crippen LogP contribution in [0.4, 0.5) is 5.69 Å². The van der Waals surface area contributed by atoms with Crippen molar-refractivity contribution in [1.29, 1.82) is 0 Å². The first-order chi connectivity index (χ1) is 17.9. The summed E-state index contributed by atoms with van der Waals surface area (Å²) < 4.78 is 5.70. The molecule has 37 heavy (non-hydrogen) atoms. The van der Waals surface area contributed by atoms with E-state index in [4.69, 9.17) is 32.9 Å². The highest BCUT2D eigenvalue weighted by atomic mass is 35.5. The number of halogens is 2. The van der Waals surface area contributed by atoms with Crippen LogP contribution in [0.5, 0.6) is 0 Å². The van der Waals surface area contributed by atoms with Gasteiger partial charge in [-0.3, -0.25) is 14.7 Å². The average molecular weight is 534 g/mol. The van der Waals surface area contributed by atoms with Gasteiger partial charge in [0.25, 0.3) is 5.91 Å². The molecule has 6 nitrogen and oxygen atoms in total. The molecule has 1 N–H and O–H groups in total. The number of rotatable bonds is 6. The summed E-state index contributed by atoms with van der Waals surface area (Å²) in [6.45, 7) is 3.70. The van der Waals surface area contributed by atoms with Crippen LogP contribution in [-0.4, -0.2) is 34.4 Å². The quantitative estimate of drug-likeness (QED) is 0.295. The number of hydrogen-bond acceptors (Lipinski definition) is 5. The molecule has 0 aliphatic carbocycles. The highest BCUT2D eigenvalue weighted by molar-refractivity contribution is 6.35. The molecule has 188 valence electrons. The van der Waals surface area contributed by atoms with Gasteiger partial charge in [-0.25, -0.2) is 4.79 Å². The van der Waals surface area contributed by atoms with E-state index < -0.39 is 18.0 Å². The van der Waals surface area contributed by atoms with Crippen molar-refractivity contribution < 1.29 is 14.3 Å². The topological polar surface area (TPSA) is 71.5 Å². The second kappa shape index (κ2) is 10.9. The number of carbonyl (C=O) groups is 2. The second-order valence-corrected chi connectivity index (χ2v) is 9.94. The number of esters is 1. The van der Waals surface area contributed by atoms with Gasteiger partial charge in [0.05, 0.1) is 11.1 Å². The van der Waals surface area contributed by atoms with Crippen LogP contribution in [0.15, 0.2) is 72.8 Å². The molecule has 0 radical (unpaired) electrons. The average Bonchev–Trinajstić information content (AvgIpc) is 2.87. The number of nitrogens with zero attached hydrogens (tertiary/aromatic N) is 2. The predicted octanol–water partition coefficient (Wildman–Crippen LogP) is 6.28. The van der Waals surface area contributed by atoms with Crippen LogP contribution in [-0.2, 0) is 29.0 Å². The third-order valence-electron chi connectivity index (χ3n) is 6.36. The molecule has 1 aliphatic rings. The zero-order valence-corrected chi connectivity index (χ0v) is 21.7. The standard InChI is InChI=1S/C29H25Cl2N3O3/c1-18(28(35)32-22-14-20(30)13-21(31)15-22)37-29(36)27-23-9-5-6-10-25(23)33-26-11-12-34(17-24(26)27)16-19-7-3-2-4-8-19/h2-10,13-15,18H,11-12,16-17H2,1H3,(H,32,35). The fourth-order valence-corrected chi connectivity index (χ4v) is 5.12. The predicted molar refractivity (Wildman–Crippen MR) is 146 cm³/mol. The van der Waals surface area contributed by atoms with Gasteiger partial charge in [-0.05, 0) is 36.8 Å². The Hall–Kier alpha value is -3.45. The number of anilines is 1. The molecular formula is C29H25Cl2N3O3. The fourth-order valence-electron chi connectivity index (χ4n) is 4.60. The lowest BCUT2D eigenvalue weighted by atomic mass is 9.95. The van der Waals surface area contributed by atoms with E-state index in [-0.39, 0.29) is 0 Å². The van der Waals surface area contributed by atoms with Gasteiger partial charge in [-0.1, -0.05) is 71.7 Å². The van der Waals surface area contributed by atoms with Crippen LogP contribution in [0.25, 0.3) is 10.9 Å². The minimum atomic E-state index is -1.04. The molecule has 0 saturated carbocycles. The first-order valence-electron chi connectivity index (χ1n) is 12.0. The van der Waals surface area contributed by atoms with E-state index in [0.29, 0.717) is 33.2 Å². The molecule has 5 rings (SSSR count). The minimum Gasteiger partial charge on any atom is -0.449 e. The van der Waals surface area contributed by atoms with Gasteiger partial charge in [0.15, 0.2) is 6.10 Å². The Morgan fingerprint density at radius 1 is 1.03 bits per heavy atom. The highest BCUT2D eigenvalue weighted by Gasteiger charge is 2.28. The number of amides is 1. The van der Waals surface area contributed by atoms with E-state index in [9.17, 15) is 9.59 Å². The van der Waals surface area contributed by atoms with Gasteiger partial charge in [0.1, 0.15) is 0 Å². The van der Waals surface area contributed by atoms with Crippen LogP contribution < -0.4 is 5.32 Å². The van der Waals surface area contributed by atoms with Crippen molar-refractivity contribution in [2.75, 3.05) is 11.9 Å². The largest absolute Gasteiger partial charge is 0.449 e. The number of ether oxygens (including phenoxy) is 1. The summed E-state index contributed by atoms with van der Waals surface area (Å²) in [5, 5.41) is 4.20. The van der Waals surface area contributed by atoms with Crippen LogP contribution in [0, 0.1) is 0 Å². The van der Waals surface area contributed by atoms with Crippen molar-refractivity contribution in [2.45, 2.75) is 32.5 Å². The molecule has 0 bridgehead atoms. The third kappa shape index (κ3) is 5.77. The summed E-state index contributed by atoms with van der Waals surface area (Å²) in [7, 11) is 0. The van der Waals surface area contributed by atoms with Gasteiger partial charge >= 0.3 is 5.97 Å². The minimum absolute atomic E-state index is 0.391. The number of aromatic nitrogens is 1. The second-order valence-electron chi connectivity index (χ2n) is 9.07.